The van der Waals surface area contributed by atoms with E-state index in [0.717, 1.165) is 31.2 Å². The van der Waals surface area contributed by atoms with Crippen molar-refractivity contribution >= 4 is 42.1 Å². The standard InChI is InChI=1S/C19H21ClN2.2ClH/c1-2-12-21-13-14-22(18-6-4-3-5-7-18)15-19(21)16-8-10-17(20)11-9-16;;/h2-11,19H,1,12-15H2;2*1H. The van der Waals surface area contributed by atoms with Crippen LogP contribution in [0.2, 0.25) is 5.02 Å². The summed E-state index contributed by atoms with van der Waals surface area (Å²) in [7, 11) is 0. The third-order valence-electron chi connectivity index (χ3n) is 4.23. The van der Waals surface area contributed by atoms with Gasteiger partial charge in [-0.15, -0.1) is 31.4 Å². The first-order valence-electron chi connectivity index (χ1n) is 7.68. The van der Waals surface area contributed by atoms with Gasteiger partial charge in [0.1, 0.15) is 0 Å². The molecule has 1 aliphatic rings. The largest absolute Gasteiger partial charge is 0.368 e. The third kappa shape index (κ3) is 4.90. The van der Waals surface area contributed by atoms with E-state index in [1.54, 1.807) is 0 Å². The average Bonchev–Trinajstić information content (AvgIpc) is 2.57. The van der Waals surface area contributed by atoms with Crippen LogP contribution in [0.3, 0.4) is 0 Å². The first kappa shape index (κ1) is 20.9. The van der Waals surface area contributed by atoms with Crippen LogP contribution in [0.1, 0.15) is 11.6 Å². The zero-order valence-corrected chi connectivity index (χ0v) is 15.9. The summed E-state index contributed by atoms with van der Waals surface area (Å²) >= 11 is 6.03. The molecule has 0 bridgehead atoms. The van der Waals surface area contributed by atoms with Gasteiger partial charge in [-0.3, -0.25) is 4.90 Å². The van der Waals surface area contributed by atoms with Gasteiger partial charge in [-0.25, -0.2) is 0 Å². The highest BCUT2D eigenvalue weighted by molar-refractivity contribution is 6.30. The fourth-order valence-corrected chi connectivity index (χ4v) is 3.21. The smallest absolute Gasteiger partial charge is 0.0527 e. The Bertz CT molecular complexity index is 616. The Hall–Kier alpha value is -1.19. The zero-order valence-electron chi connectivity index (χ0n) is 13.5. The summed E-state index contributed by atoms with van der Waals surface area (Å²) in [6, 6.07) is 19.2. The Morgan fingerprint density at radius 1 is 1.00 bits per heavy atom. The van der Waals surface area contributed by atoms with E-state index >= 15 is 0 Å². The van der Waals surface area contributed by atoms with Crippen molar-refractivity contribution < 1.29 is 0 Å². The highest BCUT2D eigenvalue weighted by Crippen LogP contribution is 2.29. The number of benzene rings is 2. The van der Waals surface area contributed by atoms with Gasteiger partial charge in [0.15, 0.2) is 0 Å². The maximum atomic E-state index is 6.03. The molecule has 1 atom stereocenters. The Kier molecular flexibility index (Phi) is 8.65. The van der Waals surface area contributed by atoms with Gasteiger partial charge >= 0.3 is 0 Å². The van der Waals surface area contributed by atoms with Crippen LogP contribution < -0.4 is 4.90 Å². The summed E-state index contributed by atoms with van der Waals surface area (Å²) in [5, 5.41) is 0.787. The normalized spacial score (nSPS) is 17.5. The molecule has 24 heavy (non-hydrogen) atoms. The molecule has 2 aromatic carbocycles. The predicted octanol–water partition coefficient (Wildman–Crippen LogP) is 5.23. The van der Waals surface area contributed by atoms with Crippen LogP contribution >= 0.6 is 36.4 Å². The molecule has 0 aromatic heterocycles. The van der Waals surface area contributed by atoms with Crippen molar-refractivity contribution in [2.24, 2.45) is 0 Å². The Labute approximate surface area is 161 Å². The number of hydrogen-bond acceptors (Lipinski definition) is 2. The molecule has 2 aromatic rings. The predicted molar refractivity (Wildman–Crippen MR) is 109 cm³/mol. The number of halogens is 3. The number of para-hydroxylation sites is 1. The van der Waals surface area contributed by atoms with E-state index in [-0.39, 0.29) is 24.8 Å². The van der Waals surface area contributed by atoms with E-state index < -0.39 is 0 Å². The molecule has 0 spiro atoms. The molecule has 3 rings (SSSR count). The minimum absolute atomic E-state index is 0. The Balaban J connectivity index is 0.00000144. The van der Waals surface area contributed by atoms with E-state index in [1.165, 1.54) is 11.3 Å². The zero-order chi connectivity index (χ0) is 15.4. The lowest BCUT2D eigenvalue weighted by Crippen LogP contribution is -2.48. The minimum Gasteiger partial charge on any atom is -0.368 e. The van der Waals surface area contributed by atoms with Crippen LogP contribution in [0.15, 0.2) is 67.3 Å². The molecule has 1 heterocycles. The van der Waals surface area contributed by atoms with Gasteiger partial charge in [-0.05, 0) is 29.8 Å². The van der Waals surface area contributed by atoms with Crippen molar-refractivity contribution in [2.45, 2.75) is 6.04 Å². The summed E-state index contributed by atoms with van der Waals surface area (Å²) in [5.74, 6) is 0. The molecule has 0 aliphatic carbocycles. The molecular formula is C19H23Cl3N2. The summed E-state index contributed by atoms with van der Waals surface area (Å²) < 4.78 is 0. The van der Waals surface area contributed by atoms with E-state index in [2.05, 4.69) is 58.8 Å². The maximum absolute atomic E-state index is 6.03. The SMILES string of the molecule is C=CCN1CCN(c2ccccc2)CC1c1ccc(Cl)cc1.Cl.Cl. The monoisotopic (exact) mass is 384 g/mol. The number of piperazine rings is 1. The van der Waals surface area contributed by atoms with Gasteiger partial charge in [0.05, 0.1) is 6.04 Å². The van der Waals surface area contributed by atoms with Crippen molar-refractivity contribution in [2.75, 3.05) is 31.1 Å². The van der Waals surface area contributed by atoms with Crippen molar-refractivity contribution in [1.82, 2.24) is 4.90 Å². The molecule has 130 valence electrons. The molecule has 1 unspecified atom stereocenters. The van der Waals surface area contributed by atoms with E-state index in [4.69, 9.17) is 11.6 Å². The number of nitrogens with zero attached hydrogens (tertiary/aromatic N) is 2. The van der Waals surface area contributed by atoms with Crippen LogP contribution in [-0.4, -0.2) is 31.1 Å². The van der Waals surface area contributed by atoms with E-state index in [9.17, 15) is 0 Å². The molecule has 1 aliphatic heterocycles. The molecular weight excluding hydrogens is 363 g/mol. The third-order valence-corrected chi connectivity index (χ3v) is 4.48. The quantitative estimate of drug-likeness (QED) is 0.665. The summed E-state index contributed by atoms with van der Waals surface area (Å²) in [5.41, 5.74) is 2.60. The second-order valence-corrected chi connectivity index (χ2v) is 6.07. The molecule has 2 nitrogen and oxygen atoms in total. The highest BCUT2D eigenvalue weighted by Gasteiger charge is 2.27. The lowest BCUT2D eigenvalue weighted by Gasteiger charge is -2.42. The fourth-order valence-electron chi connectivity index (χ4n) is 3.08. The number of rotatable bonds is 4. The molecule has 0 N–H and O–H groups in total. The van der Waals surface area contributed by atoms with Crippen molar-refractivity contribution in [1.29, 1.82) is 0 Å². The maximum Gasteiger partial charge on any atom is 0.0527 e. The van der Waals surface area contributed by atoms with Crippen LogP contribution in [0, 0.1) is 0 Å². The molecule has 1 saturated heterocycles. The first-order chi connectivity index (χ1) is 10.8. The van der Waals surface area contributed by atoms with Gasteiger partial charge in [0, 0.05) is 36.9 Å². The fraction of sp³-hybridized carbons (Fsp3) is 0.263. The van der Waals surface area contributed by atoms with Gasteiger partial charge in [0.2, 0.25) is 0 Å². The van der Waals surface area contributed by atoms with Crippen molar-refractivity contribution in [3.05, 3.63) is 77.8 Å². The summed E-state index contributed by atoms with van der Waals surface area (Å²) in [6.45, 7) is 7.88. The highest BCUT2D eigenvalue weighted by atomic mass is 35.5. The molecule has 1 fully saturated rings. The van der Waals surface area contributed by atoms with Crippen LogP contribution in [0.4, 0.5) is 5.69 Å². The lowest BCUT2D eigenvalue weighted by atomic mass is 10.0. The average molecular weight is 386 g/mol. The lowest BCUT2D eigenvalue weighted by molar-refractivity contribution is 0.197. The van der Waals surface area contributed by atoms with Crippen molar-refractivity contribution in [3.8, 4) is 0 Å². The first-order valence-corrected chi connectivity index (χ1v) is 8.06. The van der Waals surface area contributed by atoms with Crippen LogP contribution in [0.5, 0.6) is 0 Å². The second kappa shape index (κ2) is 9.95. The van der Waals surface area contributed by atoms with Gasteiger partial charge in [-0.1, -0.05) is 48.0 Å². The molecule has 0 saturated carbocycles. The minimum atomic E-state index is 0. The Morgan fingerprint density at radius 3 is 2.29 bits per heavy atom. The molecule has 0 radical (unpaired) electrons. The second-order valence-electron chi connectivity index (χ2n) is 5.63. The number of hydrogen-bond donors (Lipinski definition) is 0. The van der Waals surface area contributed by atoms with Crippen LogP contribution in [-0.2, 0) is 0 Å². The topological polar surface area (TPSA) is 6.48 Å². The summed E-state index contributed by atoms with van der Waals surface area (Å²) in [4.78, 5) is 4.94. The van der Waals surface area contributed by atoms with Gasteiger partial charge < -0.3 is 4.90 Å². The van der Waals surface area contributed by atoms with Crippen molar-refractivity contribution in [3.63, 3.8) is 0 Å². The van der Waals surface area contributed by atoms with E-state index in [0.29, 0.717) is 6.04 Å². The van der Waals surface area contributed by atoms with Crippen LogP contribution in [0.25, 0.3) is 0 Å². The molecule has 0 amide bonds. The Morgan fingerprint density at radius 2 is 1.67 bits per heavy atom. The number of anilines is 1. The molecule has 5 heteroatoms. The van der Waals surface area contributed by atoms with Gasteiger partial charge in [0.25, 0.3) is 0 Å². The summed E-state index contributed by atoms with van der Waals surface area (Å²) in [6.07, 6.45) is 1.99. The van der Waals surface area contributed by atoms with Gasteiger partial charge in [-0.2, -0.15) is 0 Å². The van der Waals surface area contributed by atoms with E-state index in [1.807, 2.05) is 18.2 Å².